The Hall–Kier alpha value is -1.45. The Labute approximate surface area is 108 Å². The van der Waals surface area contributed by atoms with Crippen LogP contribution in [0.4, 0.5) is 5.13 Å². The van der Waals surface area contributed by atoms with Gasteiger partial charge in [-0.3, -0.25) is 4.72 Å². The fourth-order valence-corrected chi connectivity index (χ4v) is 3.25. The third-order valence-corrected chi connectivity index (χ3v) is 4.40. The number of sulfonamides is 1. The number of aryl methyl sites for hydroxylation is 1. The van der Waals surface area contributed by atoms with Crippen molar-refractivity contribution >= 4 is 26.5 Å². The van der Waals surface area contributed by atoms with Crippen LogP contribution in [0.2, 0.25) is 0 Å². The van der Waals surface area contributed by atoms with Gasteiger partial charge in [0.25, 0.3) is 10.0 Å². The molecule has 98 valence electrons. The van der Waals surface area contributed by atoms with Gasteiger partial charge in [-0.25, -0.2) is 8.42 Å². The first kappa shape index (κ1) is 13.0. The first-order valence-electron chi connectivity index (χ1n) is 5.15. The number of anilines is 1. The summed E-state index contributed by atoms with van der Waals surface area (Å²) in [5.74, 6) is 0. The van der Waals surface area contributed by atoms with E-state index in [1.54, 1.807) is 4.57 Å². The van der Waals surface area contributed by atoms with Crippen LogP contribution >= 0.6 is 11.3 Å². The van der Waals surface area contributed by atoms with Crippen LogP contribution < -0.4 is 4.72 Å². The standard InChI is InChI=1S/C9H12N4O3S2/c1-2-13-4-8(3-7(13)5-14)18(15,16)12-9-11-10-6-17-9/h3-4,6,14H,2,5H2,1H3,(H,11,12). The zero-order valence-electron chi connectivity index (χ0n) is 9.57. The molecule has 0 bridgehead atoms. The summed E-state index contributed by atoms with van der Waals surface area (Å²) in [6, 6.07) is 1.44. The smallest absolute Gasteiger partial charge is 0.265 e. The van der Waals surface area contributed by atoms with Gasteiger partial charge in [-0.05, 0) is 13.0 Å². The van der Waals surface area contributed by atoms with E-state index < -0.39 is 10.0 Å². The minimum absolute atomic E-state index is 0.101. The summed E-state index contributed by atoms with van der Waals surface area (Å²) in [7, 11) is -3.68. The average Bonchev–Trinajstić information content (AvgIpc) is 2.96. The van der Waals surface area contributed by atoms with Crippen LogP contribution in [0.3, 0.4) is 0 Å². The van der Waals surface area contributed by atoms with Gasteiger partial charge < -0.3 is 9.67 Å². The van der Waals surface area contributed by atoms with Crippen molar-refractivity contribution < 1.29 is 13.5 Å². The van der Waals surface area contributed by atoms with Crippen LogP contribution in [-0.4, -0.2) is 28.3 Å². The molecule has 9 heteroatoms. The van der Waals surface area contributed by atoms with Crippen molar-refractivity contribution in [3.8, 4) is 0 Å². The Morgan fingerprint density at radius 2 is 2.33 bits per heavy atom. The summed E-state index contributed by atoms with van der Waals surface area (Å²) in [6.45, 7) is 2.25. The van der Waals surface area contributed by atoms with Crippen LogP contribution in [0.5, 0.6) is 0 Å². The summed E-state index contributed by atoms with van der Waals surface area (Å²) in [5, 5.41) is 16.5. The van der Waals surface area contributed by atoms with E-state index in [1.165, 1.54) is 17.8 Å². The third kappa shape index (κ3) is 2.52. The number of hydrogen-bond donors (Lipinski definition) is 2. The highest BCUT2D eigenvalue weighted by atomic mass is 32.2. The van der Waals surface area contributed by atoms with E-state index in [9.17, 15) is 8.42 Å². The van der Waals surface area contributed by atoms with Gasteiger partial charge in [0.1, 0.15) is 10.4 Å². The van der Waals surface area contributed by atoms with Crippen molar-refractivity contribution in [2.24, 2.45) is 0 Å². The average molecular weight is 288 g/mol. The van der Waals surface area contributed by atoms with Gasteiger partial charge in [-0.2, -0.15) is 0 Å². The Balaban J connectivity index is 2.32. The molecule has 0 atom stereocenters. The highest BCUT2D eigenvalue weighted by Crippen LogP contribution is 2.19. The van der Waals surface area contributed by atoms with Gasteiger partial charge >= 0.3 is 0 Å². The van der Waals surface area contributed by atoms with Gasteiger partial charge in [0.15, 0.2) is 0 Å². The predicted molar refractivity (Wildman–Crippen MR) is 66.7 cm³/mol. The van der Waals surface area contributed by atoms with Crippen molar-refractivity contribution in [2.75, 3.05) is 4.72 Å². The van der Waals surface area contributed by atoms with Gasteiger partial charge in [0.2, 0.25) is 5.13 Å². The van der Waals surface area contributed by atoms with Crippen LogP contribution in [-0.2, 0) is 23.2 Å². The first-order chi connectivity index (χ1) is 8.56. The van der Waals surface area contributed by atoms with E-state index in [2.05, 4.69) is 14.9 Å². The molecule has 2 aromatic rings. The lowest BCUT2D eigenvalue weighted by atomic mass is 10.4. The summed E-state index contributed by atoms with van der Waals surface area (Å²) >= 11 is 1.10. The quantitative estimate of drug-likeness (QED) is 0.842. The molecular formula is C9H12N4O3S2. The second-order valence-corrected chi connectivity index (χ2v) is 5.98. The molecule has 7 nitrogen and oxygen atoms in total. The lowest BCUT2D eigenvalue weighted by molar-refractivity contribution is 0.271. The zero-order chi connectivity index (χ0) is 13.2. The fraction of sp³-hybridized carbons (Fsp3) is 0.333. The molecule has 2 aromatic heterocycles. The Bertz CT molecular complexity index is 597. The van der Waals surface area contributed by atoms with Gasteiger partial charge in [-0.1, -0.05) is 11.3 Å². The normalized spacial score (nSPS) is 11.7. The molecule has 0 aromatic carbocycles. The second kappa shape index (κ2) is 5.04. The topological polar surface area (TPSA) is 97.1 Å². The van der Waals surface area contributed by atoms with Gasteiger partial charge in [0.05, 0.1) is 6.61 Å². The maximum absolute atomic E-state index is 12.0. The van der Waals surface area contributed by atoms with Crippen molar-refractivity contribution in [1.29, 1.82) is 0 Å². The van der Waals surface area contributed by atoms with E-state index in [-0.39, 0.29) is 16.6 Å². The monoisotopic (exact) mass is 288 g/mol. The number of aliphatic hydroxyl groups excluding tert-OH is 1. The molecule has 0 amide bonds. The molecule has 0 saturated heterocycles. The van der Waals surface area contributed by atoms with Crippen LogP contribution in [0.25, 0.3) is 0 Å². The molecule has 0 saturated carbocycles. The van der Waals surface area contributed by atoms with E-state index in [0.717, 1.165) is 11.3 Å². The van der Waals surface area contributed by atoms with E-state index in [0.29, 0.717) is 12.2 Å². The third-order valence-electron chi connectivity index (χ3n) is 2.36. The van der Waals surface area contributed by atoms with Gasteiger partial charge in [-0.15, -0.1) is 10.2 Å². The summed E-state index contributed by atoms with van der Waals surface area (Å²) in [5.41, 5.74) is 1.99. The number of nitrogens with one attached hydrogen (secondary N) is 1. The maximum atomic E-state index is 12.0. The highest BCUT2D eigenvalue weighted by molar-refractivity contribution is 7.93. The minimum atomic E-state index is -3.68. The first-order valence-corrected chi connectivity index (χ1v) is 7.52. The molecule has 0 aliphatic rings. The molecule has 2 rings (SSSR count). The molecule has 0 aliphatic carbocycles. The highest BCUT2D eigenvalue weighted by Gasteiger charge is 2.19. The molecule has 0 spiro atoms. The number of rotatable bonds is 5. The lowest BCUT2D eigenvalue weighted by Gasteiger charge is -2.01. The van der Waals surface area contributed by atoms with Gasteiger partial charge in [0, 0.05) is 18.4 Å². The van der Waals surface area contributed by atoms with E-state index in [4.69, 9.17) is 5.11 Å². The molecule has 0 fully saturated rings. The lowest BCUT2D eigenvalue weighted by Crippen LogP contribution is -2.12. The number of aliphatic hydroxyl groups is 1. The van der Waals surface area contributed by atoms with Crippen molar-refractivity contribution in [2.45, 2.75) is 25.0 Å². The predicted octanol–water partition coefficient (Wildman–Crippen LogP) is 0.653. The van der Waals surface area contributed by atoms with E-state index >= 15 is 0 Å². The summed E-state index contributed by atoms with van der Waals surface area (Å²) in [4.78, 5) is 0.101. The SMILES string of the molecule is CCn1cc(S(=O)(=O)Nc2nncs2)cc1CO. The Kier molecular flexibility index (Phi) is 3.64. The summed E-state index contributed by atoms with van der Waals surface area (Å²) in [6.07, 6.45) is 1.48. The molecule has 0 radical (unpaired) electrons. The molecule has 0 unspecified atom stereocenters. The van der Waals surface area contributed by atoms with Crippen molar-refractivity contribution in [3.63, 3.8) is 0 Å². The summed E-state index contributed by atoms with van der Waals surface area (Å²) < 4.78 is 28.1. The number of aromatic nitrogens is 3. The molecule has 2 heterocycles. The maximum Gasteiger partial charge on any atom is 0.265 e. The van der Waals surface area contributed by atoms with Crippen LogP contribution in [0.1, 0.15) is 12.6 Å². The van der Waals surface area contributed by atoms with Crippen LogP contribution in [0.15, 0.2) is 22.7 Å². The Morgan fingerprint density at radius 1 is 1.56 bits per heavy atom. The second-order valence-electron chi connectivity index (χ2n) is 3.46. The minimum Gasteiger partial charge on any atom is -0.390 e. The van der Waals surface area contributed by atoms with E-state index in [1.807, 2.05) is 6.92 Å². The largest absolute Gasteiger partial charge is 0.390 e. The molecule has 18 heavy (non-hydrogen) atoms. The van der Waals surface area contributed by atoms with Crippen molar-refractivity contribution in [1.82, 2.24) is 14.8 Å². The molecule has 0 aliphatic heterocycles. The fourth-order valence-electron chi connectivity index (χ4n) is 1.49. The zero-order valence-corrected chi connectivity index (χ0v) is 11.2. The van der Waals surface area contributed by atoms with Crippen molar-refractivity contribution in [3.05, 3.63) is 23.5 Å². The van der Waals surface area contributed by atoms with Crippen LogP contribution in [0, 0.1) is 0 Å². The molecular weight excluding hydrogens is 276 g/mol. The number of nitrogens with zero attached hydrogens (tertiary/aromatic N) is 3. The Morgan fingerprint density at radius 3 is 2.83 bits per heavy atom. The number of hydrogen-bond acceptors (Lipinski definition) is 6. The molecule has 2 N–H and O–H groups in total.